The Balaban J connectivity index is 0.00000225. The van der Waals surface area contributed by atoms with Crippen molar-refractivity contribution in [1.82, 2.24) is 0 Å². The lowest BCUT2D eigenvalue weighted by Crippen LogP contribution is -2.48. The molecule has 0 heterocycles. The molecule has 4 nitrogen and oxygen atoms in total. The van der Waals surface area contributed by atoms with E-state index in [1.54, 1.807) is 7.11 Å². The van der Waals surface area contributed by atoms with Crippen LogP contribution in [-0.2, 0) is 4.79 Å². The summed E-state index contributed by atoms with van der Waals surface area (Å²) < 4.78 is 5.47. The number of benzene rings is 2. The molecule has 5 heteroatoms. The first-order valence-electron chi connectivity index (χ1n) is 9.95. The zero-order valence-corrected chi connectivity index (χ0v) is 17.1. The van der Waals surface area contributed by atoms with Crippen molar-refractivity contribution in [2.45, 2.75) is 38.1 Å². The average molecular weight is 401 g/mol. The number of anilines is 1. The van der Waals surface area contributed by atoms with E-state index in [2.05, 4.69) is 5.32 Å². The van der Waals surface area contributed by atoms with Gasteiger partial charge in [-0.3, -0.25) is 4.79 Å². The van der Waals surface area contributed by atoms with E-state index in [4.69, 9.17) is 10.5 Å². The fourth-order valence-electron chi connectivity index (χ4n) is 4.90. The van der Waals surface area contributed by atoms with Crippen LogP contribution in [0.25, 0.3) is 11.1 Å². The third-order valence-electron chi connectivity index (χ3n) is 6.33. The summed E-state index contributed by atoms with van der Waals surface area (Å²) >= 11 is 0. The van der Waals surface area contributed by atoms with Crippen molar-refractivity contribution < 1.29 is 9.53 Å². The van der Waals surface area contributed by atoms with Crippen molar-refractivity contribution in [3.05, 3.63) is 48.5 Å². The number of hydrogen-bond acceptors (Lipinski definition) is 3. The summed E-state index contributed by atoms with van der Waals surface area (Å²) in [5.74, 6) is 2.06. The largest absolute Gasteiger partial charge is 0.496 e. The molecule has 2 saturated carbocycles. The van der Waals surface area contributed by atoms with E-state index in [9.17, 15) is 4.79 Å². The highest BCUT2D eigenvalue weighted by Gasteiger charge is 2.40. The number of ether oxygens (including phenoxy) is 1. The molecule has 28 heavy (non-hydrogen) atoms. The highest BCUT2D eigenvalue weighted by molar-refractivity contribution is 5.93. The van der Waals surface area contributed by atoms with E-state index in [1.165, 1.54) is 19.3 Å². The Hall–Kier alpha value is -2.04. The third-order valence-corrected chi connectivity index (χ3v) is 6.33. The number of para-hydroxylation sites is 1. The number of nitrogens with two attached hydrogens (primary N) is 1. The number of rotatable bonds is 4. The molecular formula is C23H29ClN2O2. The van der Waals surface area contributed by atoms with Gasteiger partial charge in [0.2, 0.25) is 5.91 Å². The van der Waals surface area contributed by atoms with E-state index >= 15 is 0 Å². The van der Waals surface area contributed by atoms with Gasteiger partial charge in [-0.1, -0.05) is 36.8 Å². The van der Waals surface area contributed by atoms with Crippen molar-refractivity contribution in [1.29, 1.82) is 0 Å². The van der Waals surface area contributed by atoms with Crippen molar-refractivity contribution in [2.75, 3.05) is 12.4 Å². The Labute approximate surface area is 173 Å². The number of methoxy groups -OCH3 is 1. The molecule has 0 spiro atoms. The number of hydrogen-bond donors (Lipinski definition) is 2. The molecule has 2 fully saturated rings. The standard InChI is InChI=1S/C23H28N2O2.ClH/c1-27-21-11-3-2-10-20(21)15-6-5-9-19(14-15)25-23(26)18-12-16-7-4-8-17(13-18)22(16)24;/h2-3,5-6,9-11,14,16-18,22H,4,7-8,12-13,24H2,1H3,(H,25,26);1H. The Morgan fingerprint density at radius 2 is 1.79 bits per heavy atom. The molecule has 2 atom stereocenters. The van der Waals surface area contributed by atoms with Crippen LogP contribution in [0.5, 0.6) is 5.75 Å². The van der Waals surface area contributed by atoms with Gasteiger partial charge in [-0.25, -0.2) is 0 Å². The zero-order chi connectivity index (χ0) is 18.8. The van der Waals surface area contributed by atoms with Crippen LogP contribution in [-0.4, -0.2) is 19.1 Å². The Bertz CT molecular complexity index is 812. The Kier molecular flexibility index (Phi) is 6.63. The van der Waals surface area contributed by atoms with E-state index in [1.807, 2.05) is 48.5 Å². The lowest BCUT2D eigenvalue weighted by atomic mass is 9.65. The number of amides is 1. The van der Waals surface area contributed by atoms with Gasteiger partial charge in [0.25, 0.3) is 0 Å². The summed E-state index contributed by atoms with van der Waals surface area (Å²) in [6.07, 6.45) is 5.46. The predicted octanol–water partition coefficient (Wildman–Crippen LogP) is 4.88. The monoisotopic (exact) mass is 400 g/mol. The fourth-order valence-corrected chi connectivity index (χ4v) is 4.90. The third kappa shape index (κ3) is 4.18. The van der Waals surface area contributed by atoms with Gasteiger partial charge >= 0.3 is 0 Å². The van der Waals surface area contributed by atoms with Crippen LogP contribution in [0.15, 0.2) is 48.5 Å². The quantitative estimate of drug-likeness (QED) is 0.768. The van der Waals surface area contributed by atoms with Gasteiger partial charge in [-0.15, -0.1) is 12.4 Å². The summed E-state index contributed by atoms with van der Waals surface area (Å²) in [6, 6.07) is 16.2. The number of carbonyl (C=O) groups is 1. The second-order valence-corrected chi connectivity index (χ2v) is 7.97. The summed E-state index contributed by atoms with van der Waals surface area (Å²) in [4.78, 5) is 12.9. The van der Waals surface area contributed by atoms with E-state index in [0.29, 0.717) is 11.8 Å². The van der Waals surface area contributed by atoms with Gasteiger partial charge in [-0.2, -0.15) is 0 Å². The molecule has 0 aromatic heterocycles. The average Bonchev–Trinajstić information content (AvgIpc) is 2.68. The SMILES string of the molecule is COc1ccccc1-c1cccc(NC(=O)C2CC3CCCC(C2)C3N)c1.Cl. The summed E-state index contributed by atoms with van der Waals surface area (Å²) in [6.45, 7) is 0. The van der Waals surface area contributed by atoms with E-state index in [-0.39, 0.29) is 30.3 Å². The van der Waals surface area contributed by atoms with Crippen LogP contribution in [0.3, 0.4) is 0 Å². The molecule has 0 aliphatic heterocycles. The molecule has 0 saturated heterocycles. The molecule has 4 rings (SSSR count). The van der Waals surface area contributed by atoms with Crippen molar-refractivity contribution in [3.63, 3.8) is 0 Å². The van der Waals surface area contributed by atoms with Crippen molar-refractivity contribution >= 4 is 24.0 Å². The Morgan fingerprint density at radius 1 is 1.07 bits per heavy atom. The maximum atomic E-state index is 12.9. The van der Waals surface area contributed by atoms with Crippen LogP contribution in [0.1, 0.15) is 32.1 Å². The molecule has 2 aromatic carbocycles. The minimum atomic E-state index is 0. The number of nitrogens with one attached hydrogen (secondary N) is 1. The Morgan fingerprint density at radius 3 is 2.50 bits per heavy atom. The van der Waals surface area contributed by atoms with Crippen LogP contribution in [0.2, 0.25) is 0 Å². The fraction of sp³-hybridized carbons (Fsp3) is 0.435. The highest BCUT2D eigenvalue weighted by atomic mass is 35.5. The molecule has 2 aromatic rings. The molecule has 150 valence electrons. The molecular weight excluding hydrogens is 372 g/mol. The topological polar surface area (TPSA) is 64.3 Å². The summed E-state index contributed by atoms with van der Waals surface area (Å²) in [5, 5.41) is 3.14. The lowest BCUT2D eigenvalue weighted by molar-refractivity contribution is -0.122. The number of fused-ring (bicyclic) bond motifs is 2. The van der Waals surface area contributed by atoms with E-state index in [0.717, 1.165) is 35.4 Å². The van der Waals surface area contributed by atoms with Gasteiger partial charge < -0.3 is 15.8 Å². The molecule has 0 radical (unpaired) electrons. The molecule has 1 amide bonds. The minimum absolute atomic E-state index is 0. The van der Waals surface area contributed by atoms with Crippen molar-refractivity contribution in [2.24, 2.45) is 23.5 Å². The van der Waals surface area contributed by atoms with Gasteiger partial charge in [0.05, 0.1) is 7.11 Å². The maximum absolute atomic E-state index is 12.9. The highest BCUT2D eigenvalue weighted by Crippen LogP contribution is 2.42. The molecule has 2 aliphatic rings. The predicted molar refractivity (Wildman–Crippen MR) is 116 cm³/mol. The van der Waals surface area contributed by atoms with Gasteiger partial charge in [0.15, 0.2) is 0 Å². The van der Waals surface area contributed by atoms with Crippen LogP contribution < -0.4 is 15.8 Å². The molecule has 2 aliphatic carbocycles. The molecule has 2 bridgehead atoms. The smallest absolute Gasteiger partial charge is 0.227 e. The first-order valence-corrected chi connectivity index (χ1v) is 9.95. The lowest BCUT2D eigenvalue weighted by Gasteiger charge is -2.43. The normalized spacial score (nSPS) is 26.1. The van der Waals surface area contributed by atoms with Gasteiger partial charge in [-0.05, 0) is 61.3 Å². The van der Waals surface area contributed by atoms with Crippen molar-refractivity contribution in [3.8, 4) is 16.9 Å². The van der Waals surface area contributed by atoms with Crippen LogP contribution >= 0.6 is 12.4 Å². The maximum Gasteiger partial charge on any atom is 0.227 e. The molecule has 3 N–H and O–H groups in total. The van der Waals surface area contributed by atoms with Gasteiger partial charge in [0.1, 0.15) is 5.75 Å². The zero-order valence-electron chi connectivity index (χ0n) is 16.3. The summed E-state index contributed by atoms with van der Waals surface area (Å²) in [7, 11) is 1.68. The van der Waals surface area contributed by atoms with Crippen LogP contribution in [0, 0.1) is 17.8 Å². The van der Waals surface area contributed by atoms with Crippen LogP contribution in [0.4, 0.5) is 5.69 Å². The van der Waals surface area contributed by atoms with Gasteiger partial charge in [0, 0.05) is 23.2 Å². The second kappa shape index (κ2) is 8.97. The first-order chi connectivity index (χ1) is 13.2. The number of carbonyl (C=O) groups excluding carboxylic acids is 1. The minimum Gasteiger partial charge on any atom is -0.496 e. The molecule has 2 unspecified atom stereocenters. The second-order valence-electron chi connectivity index (χ2n) is 7.97. The number of halogens is 1. The summed E-state index contributed by atoms with van der Waals surface area (Å²) in [5.41, 5.74) is 9.26. The first kappa shape index (κ1) is 20.7. The van der Waals surface area contributed by atoms with E-state index < -0.39 is 0 Å².